The Hall–Kier alpha value is -3.42. The summed E-state index contributed by atoms with van der Waals surface area (Å²) >= 11 is 0. The molecule has 2 aromatic carbocycles. The second-order valence-corrected chi connectivity index (χ2v) is 6.89. The van der Waals surface area contributed by atoms with Gasteiger partial charge in [0.25, 0.3) is 0 Å². The van der Waals surface area contributed by atoms with Crippen molar-refractivity contribution in [3.05, 3.63) is 53.7 Å². The Labute approximate surface area is 167 Å². The number of aromatic nitrogens is 2. The zero-order chi connectivity index (χ0) is 20.5. The Morgan fingerprint density at radius 2 is 1.93 bits per heavy atom. The van der Waals surface area contributed by atoms with E-state index >= 15 is 0 Å². The van der Waals surface area contributed by atoms with Crippen LogP contribution in [0.3, 0.4) is 0 Å². The van der Waals surface area contributed by atoms with E-state index in [-0.39, 0.29) is 30.5 Å². The largest absolute Gasteiger partial charge is 0.493 e. The molecule has 0 radical (unpaired) electrons. The maximum absolute atomic E-state index is 14.3. The molecule has 7 nitrogen and oxygen atoms in total. The number of ether oxygens (including phenoxy) is 2. The molecular weight excluding hydrogens is 377 g/mol. The van der Waals surface area contributed by atoms with E-state index in [1.807, 2.05) is 0 Å². The third-order valence-corrected chi connectivity index (χ3v) is 4.95. The van der Waals surface area contributed by atoms with Gasteiger partial charge in [0.2, 0.25) is 17.6 Å². The lowest BCUT2D eigenvalue weighted by Crippen LogP contribution is -2.25. The fourth-order valence-corrected chi connectivity index (χ4v) is 3.43. The van der Waals surface area contributed by atoms with Crippen LogP contribution in [0.4, 0.5) is 10.1 Å². The van der Waals surface area contributed by atoms with Crippen LogP contribution in [-0.2, 0) is 4.79 Å². The maximum atomic E-state index is 14.3. The number of hydrogen-bond donors (Lipinski definition) is 0. The van der Waals surface area contributed by atoms with Crippen molar-refractivity contribution in [1.82, 2.24) is 10.1 Å². The second-order valence-electron chi connectivity index (χ2n) is 6.89. The SMILES string of the molecule is COc1ccc(-c2noc(C3CC(=O)N(c4ccc(C)cc4F)C3)n2)cc1OC. The molecular formula is C21H20FN3O4. The Morgan fingerprint density at radius 3 is 2.66 bits per heavy atom. The lowest BCUT2D eigenvalue weighted by Gasteiger charge is -2.17. The fourth-order valence-electron chi connectivity index (χ4n) is 3.43. The van der Waals surface area contributed by atoms with E-state index in [1.54, 1.807) is 51.5 Å². The Kier molecular flexibility index (Phi) is 4.92. The van der Waals surface area contributed by atoms with Crippen molar-refractivity contribution in [3.8, 4) is 22.9 Å². The number of hydrogen-bond acceptors (Lipinski definition) is 6. The molecule has 0 aliphatic carbocycles. The van der Waals surface area contributed by atoms with Crippen LogP contribution in [-0.4, -0.2) is 36.8 Å². The van der Waals surface area contributed by atoms with Crippen molar-refractivity contribution in [2.75, 3.05) is 25.7 Å². The van der Waals surface area contributed by atoms with Crippen LogP contribution in [0.2, 0.25) is 0 Å². The lowest BCUT2D eigenvalue weighted by atomic mass is 10.1. The number of anilines is 1. The normalized spacial score (nSPS) is 16.3. The number of aryl methyl sites for hydroxylation is 1. The van der Waals surface area contributed by atoms with E-state index in [4.69, 9.17) is 14.0 Å². The highest BCUT2D eigenvalue weighted by molar-refractivity contribution is 5.96. The summed E-state index contributed by atoms with van der Waals surface area (Å²) in [5, 5.41) is 4.03. The van der Waals surface area contributed by atoms with Crippen LogP contribution in [0, 0.1) is 12.7 Å². The fraction of sp³-hybridized carbons (Fsp3) is 0.286. The lowest BCUT2D eigenvalue weighted by molar-refractivity contribution is -0.117. The first-order chi connectivity index (χ1) is 14.0. The van der Waals surface area contributed by atoms with Crippen LogP contribution in [0.15, 0.2) is 40.9 Å². The first-order valence-electron chi connectivity index (χ1n) is 9.12. The number of carbonyl (C=O) groups is 1. The van der Waals surface area contributed by atoms with E-state index in [2.05, 4.69) is 10.1 Å². The molecule has 0 N–H and O–H groups in total. The first kappa shape index (κ1) is 18.9. The van der Waals surface area contributed by atoms with Gasteiger partial charge in [0, 0.05) is 18.5 Å². The molecule has 1 atom stereocenters. The van der Waals surface area contributed by atoms with E-state index in [1.165, 1.54) is 11.0 Å². The number of methoxy groups -OCH3 is 2. The van der Waals surface area contributed by atoms with Crippen molar-refractivity contribution < 1.29 is 23.2 Å². The molecule has 1 unspecified atom stereocenters. The predicted octanol–water partition coefficient (Wildman–Crippen LogP) is 3.72. The van der Waals surface area contributed by atoms with Gasteiger partial charge in [-0.3, -0.25) is 4.79 Å². The molecule has 1 saturated heterocycles. The maximum Gasteiger partial charge on any atom is 0.232 e. The minimum Gasteiger partial charge on any atom is -0.493 e. The van der Waals surface area contributed by atoms with Crippen molar-refractivity contribution in [2.24, 2.45) is 0 Å². The average molecular weight is 397 g/mol. The molecule has 3 aromatic rings. The number of benzene rings is 2. The van der Waals surface area contributed by atoms with Crippen molar-refractivity contribution in [1.29, 1.82) is 0 Å². The van der Waals surface area contributed by atoms with Gasteiger partial charge in [0.15, 0.2) is 11.5 Å². The van der Waals surface area contributed by atoms with Gasteiger partial charge in [0.05, 0.1) is 25.8 Å². The summed E-state index contributed by atoms with van der Waals surface area (Å²) < 4.78 is 30.2. The molecule has 8 heteroatoms. The number of nitrogens with zero attached hydrogens (tertiary/aromatic N) is 3. The van der Waals surface area contributed by atoms with Gasteiger partial charge in [-0.05, 0) is 42.8 Å². The number of amides is 1. The molecule has 1 fully saturated rings. The minimum absolute atomic E-state index is 0.177. The van der Waals surface area contributed by atoms with Crippen molar-refractivity contribution in [2.45, 2.75) is 19.3 Å². The quantitative estimate of drug-likeness (QED) is 0.653. The van der Waals surface area contributed by atoms with Gasteiger partial charge in [0.1, 0.15) is 5.82 Å². The van der Waals surface area contributed by atoms with Gasteiger partial charge >= 0.3 is 0 Å². The molecule has 29 heavy (non-hydrogen) atoms. The second kappa shape index (κ2) is 7.54. The highest BCUT2D eigenvalue weighted by atomic mass is 19.1. The molecule has 4 rings (SSSR count). The van der Waals surface area contributed by atoms with Crippen LogP contribution in [0.5, 0.6) is 11.5 Å². The van der Waals surface area contributed by atoms with Crippen LogP contribution < -0.4 is 14.4 Å². The van der Waals surface area contributed by atoms with Gasteiger partial charge in [-0.2, -0.15) is 4.98 Å². The standard InChI is InChI=1S/C21H20FN3O4/c1-12-4-6-16(15(22)8-12)25-11-14(10-19(25)26)21-23-20(24-29-21)13-5-7-17(27-2)18(9-13)28-3/h4-9,14H,10-11H2,1-3H3. The Balaban J connectivity index is 1.57. The summed E-state index contributed by atoms with van der Waals surface area (Å²) in [4.78, 5) is 18.3. The highest BCUT2D eigenvalue weighted by Crippen LogP contribution is 2.35. The third kappa shape index (κ3) is 3.53. The van der Waals surface area contributed by atoms with Gasteiger partial charge in [-0.1, -0.05) is 11.2 Å². The van der Waals surface area contributed by atoms with Crippen molar-refractivity contribution in [3.63, 3.8) is 0 Å². The first-order valence-corrected chi connectivity index (χ1v) is 9.12. The summed E-state index contributed by atoms with van der Waals surface area (Å²) in [7, 11) is 3.11. The molecule has 2 heterocycles. The van der Waals surface area contributed by atoms with E-state index < -0.39 is 5.82 Å². The summed E-state index contributed by atoms with van der Waals surface area (Å²) in [6.45, 7) is 2.09. The molecule has 1 aliphatic rings. The monoisotopic (exact) mass is 397 g/mol. The average Bonchev–Trinajstić information content (AvgIpc) is 3.34. The molecule has 1 aliphatic heterocycles. The minimum atomic E-state index is -0.421. The number of carbonyl (C=O) groups excluding carboxylic acids is 1. The van der Waals surface area contributed by atoms with Crippen LogP contribution in [0.1, 0.15) is 23.8 Å². The molecule has 1 aromatic heterocycles. The summed E-state index contributed by atoms with van der Waals surface area (Å²) in [6, 6.07) is 10.1. The van der Waals surface area contributed by atoms with E-state index in [0.29, 0.717) is 28.8 Å². The third-order valence-electron chi connectivity index (χ3n) is 4.95. The Bertz CT molecular complexity index is 1070. The predicted molar refractivity (Wildman–Crippen MR) is 104 cm³/mol. The van der Waals surface area contributed by atoms with Gasteiger partial charge in [-0.25, -0.2) is 4.39 Å². The van der Waals surface area contributed by atoms with Crippen LogP contribution in [0.25, 0.3) is 11.4 Å². The Morgan fingerprint density at radius 1 is 1.14 bits per heavy atom. The number of rotatable bonds is 5. The summed E-state index contributed by atoms with van der Waals surface area (Å²) in [5.74, 6) is 0.973. The smallest absolute Gasteiger partial charge is 0.232 e. The summed E-state index contributed by atoms with van der Waals surface area (Å²) in [5.41, 5.74) is 1.76. The topological polar surface area (TPSA) is 77.7 Å². The molecule has 1 amide bonds. The van der Waals surface area contributed by atoms with Gasteiger partial charge in [-0.15, -0.1) is 0 Å². The van der Waals surface area contributed by atoms with Crippen molar-refractivity contribution >= 4 is 11.6 Å². The van der Waals surface area contributed by atoms with Gasteiger partial charge < -0.3 is 18.9 Å². The van der Waals surface area contributed by atoms with E-state index in [9.17, 15) is 9.18 Å². The molecule has 150 valence electrons. The van der Waals surface area contributed by atoms with Crippen LogP contribution >= 0.6 is 0 Å². The zero-order valence-electron chi connectivity index (χ0n) is 16.3. The van der Waals surface area contributed by atoms with E-state index in [0.717, 1.165) is 5.56 Å². The molecule has 0 spiro atoms. The highest BCUT2D eigenvalue weighted by Gasteiger charge is 2.36. The molecule has 0 bridgehead atoms. The number of halogens is 1. The molecule has 0 saturated carbocycles. The zero-order valence-corrected chi connectivity index (χ0v) is 16.3. The summed E-state index contributed by atoms with van der Waals surface area (Å²) in [6.07, 6.45) is 0.181.